The fourth-order valence-corrected chi connectivity index (χ4v) is 3.86. The highest BCUT2D eigenvalue weighted by molar-refractivity contribution is 6.30. The highest BCUT2D eigenvalue weighted by atomic mass is 35.5. The number of benzene rings is 2. The predicted molar refractivity (Wildman–Crippen MR) is 142 cm³/mol. The Morgan fingerprint density at radius 1 is 1.05 bits per heavy atom. The van der Waals surface area contributed by atoms with Crippen molar-refractivity contribution in [3.8, 4) is 11.6 Å². The van der Waals surface area contributed by atoms with Gasteiger partial charge >= 0.3 is 17.3 Å². The van der Waals surface area contributed by atoms with Gasteiger partial charge in [-0.3, -0.25) is 14.3 Å². The molecular weight excluding hydrogens is 510 g/mol. The summed E-state index contributed by atoms with van der Waals surface area (Å²) in [5.41, 5.74) is -0.0332. The van der Waals surface area contributed by atoms with Crippen LogP contribution in [0.5, 0.6) is 11.6 Å². The van der Waals surface area contributed by atoms with E-state index in [4.69, 9.17) is 21.1 Å². The number of pyridine rings is 1. The monoisotopic (exact) mass is 535 g/mol. The van der Waals surface area contributed by atoms with E-state index in [1.54, 1.807) is 80.7 Å². The lowest BCUT2D eigenvalue weighted by Crippen LogP contribution is -2.52. The highest BCUT2D eigenvalue weighted by Crippen LogP contribution is 2.22. The molecule has 0 saturated carbocycles. The summed E-state index contributed by atoms with van der Waals surface area (Å²) in [5, 5.41) is 0.552. The molecule has 10 nitrogen and oxygen atoms in total. The lowest BCUT2D eigenvalue weighted by Gasteiger charge is -2.20. The number of H-pyrrole nitrogens is 1. The molecule has 2 atom stereocenters. The van der Waals surface area contributed by atoms with Gasteiger partial charge in [0.15, 0.2) is 0 Å². The maximum atomic E-state index is 13.6. The molecule has 0 radical (unpaired) electrons. The second kappa shape index (κ2) is 11.7. The van der Waals surface area contributed by atoms with Gasteiger partial charge in [-0.1, -0.05) is 29.8 Å². The quantitative estimate of drug-likeness (QED) is 0.342. The zero-order chi connectivity index (χ0) is 27.2. The van der Waals surface area contributed by atoms with Crippen molar-refractivity contribution in [1.82, 2.24) is 19.1 Å². The Bertz CT molecular complexity index is 1590. The molecule has 11 heteroatoms. The Kier molecular flexibility index (Phi) is 8.22. The van der Waals surface area contributed by atoms with Crippen LogP contribution in [0.15, 0.2) is 87.5 Å². The molecule has 2 heterocycles. The Balaban J connectivity index is 1.78. The van der Waals surface area contributed by atoms with Crippen LogP contribution in [0.4, 0.5) is 5.69 Å². The number of halogens is 1. The van der Waals surface area contributed by atoms with E-state index in [-0.39, 0.29) is 12.2 Å². The largest absolute Gasteiger partial charge is 0.469 e. The fourth-order valence-electron chi connectivity index (χ4n) is 3.74. The van der Waals surface area contributed by atoms with Crippen LogP contribution in [0.2, 0.25) is 5.02 Å². The minimum absolute atomic E-state index is 0.0440. The molecule has 0 aliphatic carbocycles. The third-order valence-electron chi connectivity index (χ3n) is 6.02. The number of ether oxygens (including phenoxy) is 2. The van der Waals surface area contributed by atoms with E-state index in [1.807, 2.05) is 6.07 Å². The van der Waals surface area contributed by atoms with Gasteiger partial charge in [-0.15, -0.1) is 0 Å². The molecule has 2 aromatic heterocycles. The molecule has 4 aromatic rings. The molecule has 0 aliphatic heterocycles. The van der Waals surface area contributed by atoms with Crippen LogP contribution >= 0.6 is 11.6 Å². The number of methoxy groups -OCH3 is 1. The summed E-state index contributed by atoms with van der Waals surface area (Å²) in [5.74, 6) is -0.278. The number of aromatic nitrogens is 4. The Labute approximate surface area is 222 Å². The number of nitrogens with one attached hydrogen (secondary N) is 1. The zero-order valence-corrected chi connectivity index (χ0v) is 21.8. The van der Waals surface area contributed by atoms with E-state index >= 15 is 0 Å². The standard InChI is InChI=1S/C27H26ClN5O5/c1-17(24(34)37-3)18(2)33-26(35)31-25(32(27(33)36)16-19-7-9-20(28)10-8-19)30-21-11-13-22(14-12-21)38-23-6-4-5-15-29-23/h4-15,17-18H,16H2,1-3H3,(H,30,31,35)/t17-,18+/m1/s1. The molecule has 2 aromatic carbocycles. The zero-order valence-electron chi connectivity index (χ0n) is 21.0. The van der Waals surface area contributed by atoms with Gasteiger partial charge in [-0.2, -0.15) is 0 Å². The van der Waals surface area contributed by atoms with Crippen molar-refractivity contribution in [3.63, 3.8) is 0 Å². The first-order chi connectivity index (χ1) is 18.3. The number of esters is 1. The van der Waals surface area contributed by atoms with Gasteiger partial charge in [0, 0.05) is 17.3 Å². The van der Waals surface area contributed by atoms with E-state index in [9.17, 15) is 14.4 Å². The van der Waals surface area contributed by atoms with Crippen LogP contribution < -0.4 is 21.7 Å². The SMILES string of the molecule is COC(=O)[C@H](C)[C@H](C)n1c(=O)[nH]/c(=N\c2ccc(Oc3ccccn3)cc2)n(Cc2ccc(Cl)cc2)c1=O. The Morgan fingerprint density at radius 2 is 1.76 bits per heavy atom. The number of nitrogens with zero attached hydrogens (tertiary/aromatic N) is 4. The smallest absolute Gasteiger partial charge is 0.335 e. The third kappa shape index (κ3) is 6.09. The number of hydrogen-bond acceptors (Lipinski definition) is 7. The molecule has 0 bridgehead atoms. The molecule has 0 unspecified atom stereocenters. The average Bonchev–Trinajstić information content (AvgIpc) is 2.92. The first-order valence-electron chi connectivity index (χ1n) is 11.8. The summed E-state index contributed by atoms with van der Waals surface area (Å²) in [6.45, 7) is 3.31. The third-order valence-corrected chi connectivity index (χ3v) is 6.27. The second-order valence-electron chi connectivity index (χ2n) is 8.55. The summed E-state index contributed by atoms with van der Waals surface area (Å²) in [6.07, 6.45) is 1.63. The fraction of sp³-hybridized carbons (Fsp3) is 0.222. The minimum Gasteiger partial charge on any atom is -0.469 e. The molecule has 0 spiro atoms. The maximum absolute atomic E-state index is 13.6. The van der Waals surface area contributed by atoms with Crippen LogP contribution in [0.3, 0.4) is 0 Å². The van der Waals surface area contributed by atoms with Crippen LogP contribution in [0.1, 0.15) is 25.5 Å². The first kappa shape index (κ1) is 26.6. The van der Waals surface area contributed by atoms with Crippen molar-refractivity contribution in [3.05, 3.63) is 110 Å². The number of aromatic amines is 1. The average molecular weight is 536 g/mol. The van der Waals surface area contributed by atoms with Gasteiger partial charge in [0.25, 0.3) is 0 Å². The first-order valence-corrected chi connectivity index (χ1v) is 12.2. The van der Waals surface area contributed by atoms with Gasteiger partial charge in [0.1, 0.15) is 5.75 Å². The van der Waals surface area contributed by atoms with Gasteiger partial charge in [0.2, 0.25) is 11.5 Å². The summed E-state index contributed by atoms with van der Waals surface area (Å²) in [4.78, 5) is 50.1. The van der Waals surface area contributed by atoms with Gasteiger partial charge in [0.05, 0.1) is 31.3 Å². The Hall–Kier alpha value is -4.44. The predicted octanol–water partition coefficient (Wildman–Crippen LogP) is 3.83. The van der Waals surface area contributed by atoms with E-state index in [1.165, 1.54) is 11.7 Å². The molecule has 0 fully saturated rings. The van der Waals surface area contributed by atoms with Crippen LogP contribution in [0.25, 0.3) is 0 Å². The summed E-state index contributed by atoms with van der Waals surface area (Å²) in [7, 11) is 1.26. The van der Waals surface area contributed by atoms with Crippen molar-refractivity contribution in [2.75, 3.05) is 7.11 Å². The van der Waals surface area contributed by atoms with E-state index < -0.39 is 29.3 Å². The summed E-state index contributed by atoms with van der Waals surface area (Å²) >= 11 is 6.02. The Morgan fingerprint density at radius 3 is 2.39 bits per heavy atom. The van der Waals surface area contributed by atoms with E-state index in [2.05, 4.69) is 15.0 Å². The molecular formula is C27H26ClN5O5. The highest BCUT2D eigenvalue weighted by Gasteiger charge is 2.26. The van der Waals surface area contributed by atoms with Crippen LogP contribution in [0, 0.1) is 5.92 Å². The van der Waals surface area contributed by atoms with Crippen molar-refractivity contribution >= 4 is 23.3 Å². The molecule has 1 N–H and O–H groups in total. The minimum atomic E-state index is -0.771. The van der Waals surface area contributed by atoms with E-state index in [0.29, 0.717) is 22.3 Å². The molecule has 38 heavy (non-hydrogen) atoms. The van der Waals surface area contributed by atoms with Crippen molar-refractivity contribution < 1.29 is 14.3 Å². The maximum Gasteiger partial charge on any atom is 0.335 e. The molecule has 0 saturated heterocycles. The van der Waals surface area contributed by atoms with Crippen molar-refractivity contribution in [2.45, 2.75) is 26.4 Å². The normalized spacial score (nSPS) is 13.1. The number of carbonyl (C=O) groups is 1. The number of carbonyl (C=O) groups excluding carboxylic acids is 1. The molecule has 0 aliphatic rings. The number of rotatable bonds is 8. The van der Waals surface area contributed by atoms with Crippen molar-refractivity contribution in [1.29, 1.82) is 0 Å². The van der Waals surface area contributed by atoms with Gasteiger partial charge < -0.3 is 9.47 Å². The molecule has 196 valence electrons. The van der Waals surface area contributed by atoms with Crippen LogP contribution in [-0.2, 0) is 16.1 Å². The number of hydrogen-bond donors (Lipinski definition) is 1. The second-order valence-corrected chi connectivity index (χ2v) is 8.98. The van der Waals surface area contributed by atoms with Crippen molar-refractivity contribution in [2.24, 2.45) is 10.9 Å². The molecule has 0 amide bonds. The van der Waals surface area contributed by atoms with Gasteiger partial charge in [-0.05, 0) is 61.9 Å². The lowest BCUT2D eigenvalue weighted by atomic mass is 10.0. The van der Waals surface area contributed by atoms with Crippen LogP contribution in [-0.4, -0.2) is 32.2 Å². The summed E-state index contributed by atoms with van der Waals surface area (Å²) in [6, 6.07) is 18.3. The lowest BCUT2D eigenvalue weighted by molar-refractivity contribution is -0.146. The van der Waals surface area contributed by atoms with Gasteiger partial charge in [-0.25, -0.2) is 24.1 Å². The molecule has 4 rings (SSSR count). The summed E-state index contributed by atoms with van der Waals surface area (Å²) < 4.78 is 12.8. The topological polar surface area (TPSA) is 121 Å². The van der Waals surface area contributed by atoms with E-state index in [0.717, 1.165) is 10.1 Å².